The summed E-state index contributed by atoms with van der Waals surface area (Å²) < 4.78 is 0. The summed E-state index contributed by atoms with van der Waals surface area (Å²) in [6, 6.07) is 0. The lowest BCUT2D eigenvalue weighted by atomic mass is 9.72. The number of aromatic amines is 1. The van der Waals surface area contributed by atoms with Gasteiger partial charge >= 0.3 is 0 Å². The van der Waals surface area contributed by atoms with Gasteiger partial charge in [0.2, 0.25) is 11.9 Å². The number of hydrogen-bond donors (Lipinski definition) is 2. The van der Waals surface area contributed by atoms with Crippen LogP contribution in [-0.2, 0) is 4.79 Å². The molecule has 1 atom stereocenters. The van der Waals surface area contributed by atoms with Gasteiger partial charge in [0.15, 0.2) is 0 Å². The van der Waals surface area contributed by atoms with Crippen LogP contribution in [0, 0.1) is 16.7 Å². The summed E-state index contributed by atoms with van der Waals surface area (Å²) in [6.07, 6.45) is 2.21. The van der Waals surface area contributed by atoms with E-state index in [9.17, 15) is 4.79 Å². The molecule has 0 saturated carbocycles. The molecule has 0 fully saturated rings. The molecule has 1 amide bonds. The summed E-state index contributed by atoms with van der Waals surface area (Å²) in [5.41, 5.74) is 0.0219. The van der Waals surface area contributed by atoms with E-state index in [4.69, 9.17) is 0 Å². The van der Waals surface area contributed by atoms with E-state index in [0.717, 1.165) is 6.42 Å². The van der Waals surface area contributed by atoms with Crippen molar-refractivity contribution < 1.29 is 4.79 Å². The first kappa shape index (κ1) is 14.7. The van der Waals surface area contributed by atoms with Gasteiger partial charge in [0.1, 0.15) is 6.33 Å². The highest BCUT2D eigenvalue weighted by Crippen LogP contribution is 2.36. The van der Waals surface area contributed by atoms with Gasteiger partial charge in [-0.1, -0.05) is 41.5 Å². The fraction of sp³-hybridized carbons (Fsp3) is 0.769. The van der Waals surface area contributed by atoms with Gasteiger partial charge in [-0.25, -0.2) is 5.10 Å². The molecule has 5 heteroatoms. The van der Waals surface area contributed by atoms with Crippen LogP contribution >= 0.6 is 0 Å². The van der Waals surface area contributed by atoms with Crippen molar-refractivity contribution in [3.8, 4) is 0 Å². The van der Waals surface area contributed by atoms with Crippen LogP contribution in [0.3, 0.4) is 0 Å². The van der Waals surface area contributed by atoms with Gasteiger partial charge in [0.25, 0.3) is 0 Å². The predicted octanol–water partition coefficient (Wildman–Crippen LogP) is 2.84. The van der Waals surface area contributed by atoms with Crippen LogP contribution in [0.25, 0.3) is 0 Å². The number of carbonyl (C=O) groups is 1. The Morgan fingerprint density at radius 2 is 1.94 bits per heavy atom. The maximum atomic E-state index is 12.3. The highest BCUT2D eigenvalue weighted by atomic mass is 16.2. The maximum Gasteiger partial charge on any atom is 0.230 e. The summed E-state index contributed by atoms with van der Waals surface area (Å²) in [4.78, 5) is 16.3. The number of rotatable bonds is 3. The molecule has 1 aromatic rings. The summed E-state index contributed by atoms with van der Waals surface area (Å²) in [5, 5.41) is 9.15. The second kappa shape index (κ2) is 5.08. The summed E-state index contributed by atoms with van der Waals surface area (Å²) in [6.45, 7) is 12.7. The van der Waals surface area contributed by atoms with Crippen molar-refractivity contribution in [2.24, 2.45) is 16.7 Å². The summed E-state index contributed by atoms with van der Waals surface area (Å²) in [7, 11) is 0. The van der Waals surface area contributed by atoms with E-state index in [1.165, 1.54) is 6.33 Å². The molecule has 1 aromatic heterocycles. The molecule has 0 aromatic carbocycles. The monoisotopic (exact) mass is 252 g/mol. The van der Waals surface area contributed by atoms with Crippen molar-refractivity contribution >= 4 is 11.9 Å². The zero-order valence-electron chi connectivity index (χ0n) is 12.2. The van der Waals surface area contributed by atoms with Gasteiger partial charge in [-0.05, 0) is 17.3 Å². The Labute approximate surface area is 109 Å². The van der Waals surface area contributed by atoms with Gasteiger partial charge in [-0.3, -0.25) is 10.1 Å². The fourth-order valence-corrected chi connectivity index (χ4v) is 1.87. The number of H-pyrrole nitrogens is 1. The number of carbonyl (C=O) groups excluding carboxylic acids is 1. The zero-order chi connectivity index (χ0) is 14.0. The molecule has 0 aliphatic carbocycles. The van der Waals surface area contributed by atoms with E-state index in [1.807, 2.05) is 0 Å². The topological polar surface area (TPSA) is 70.7 Å². The van der Waals surface area contributed by atoms with Crippen LogP contribution in [0.4, 0.5) is 5.95 Å². The van der Waals surface area contributed by atoms with Crippen molar-refractivity contribution in [3.05, 3.63) is 6.33 Å². The molecule has 0 aliphatic rings. The molecule has 1 heterocycles. The number of amides is 1. The highest BCUT2D eigenvalue weighted by Gasteiger charge is 2.34. The van der Waals surface area contributed by atoms with E-state index >= 15 is 0 Å². The van der Waals surface area contributed by atoms with E-state index in [-0.39, 0.29) is 22.7 Å². The molecule has 102 valence electrons. The van der Waals surface area contributed by atoms with E-state index < -0.39 is 0 Å². The van der Waals surface area contributed by atoms with Crippen LogP contribution in [0.1, 0.15) is 48.0 Å². The largest absolute Gasteiger partial charge is 0.295 e. The lowest BCUT2D eigenvalue weighted by Gasteiger charge is -2.34. The Bertz CT molecular complexity index is 384. The first-order chi connectivity index (χ1) is 8.09. The van der Waals surface area contributed by atoms with Crippen molar-refractivity contribution in [1.82, 2.24) is 15.2 Å². The lowest BCUT2D eigenvalue weighted by molar-refractivity contribution is -0.124. The number of anilines is 1. The van der Waals surface area contributed by atoms with E-state index in [0.29, 0.717) is 5.95 Å². The third-order valence-corrected chi connectivity index (χ3v) is 2.83. The van der Waals surface area contributed by atoms with Gasteiger partial charge in [-0.15, -0.1) is 0 Å². The number of nitrogens with one attached hydrogen (secondary N) is 2. The van der Waals surface area contributed by atoms with Crippen LogP contribution in [0.5, 0.6) is 0 Å². The van der Waals surface area contributed by atoms with Crippen molar-refractivity contribution in [3.63, 3.8) is 0 Å². The first-order valence-corrected chi connectivity index (χ1v) is 6.26. The molecule has 1 rings (SSSR count). The average Bonchev–Trinajstić information content (AvgIpc) is 2.63. The van der Waals surface area contributed by atoms with Crippen LogP contribution in [0.15, 0.2) is 6.33 Å². The second-order valence-corrected chi connectivity index (χ2v) is 7.01. The minimum Gasteiger partial charge on any atom is -0.295 e. The van der Waals surface area contributed by atoms with E-state index in [2.05, 4.69) is 62.0 Å². The molecule has 0 aliphatic heterocycles. The predicted molar refractivity (Wildman–Crippen MR) is 72.0 cm³/mol. The molecule has 0 saturated heterocycles. The average molecular weight is 252 g/mol. The molecule has 2 N–H and O–H groups in total. The molecule has 0 bridgehead atoms. The van der Waals surface area contributed by atoms with Crippen molar-refractivity contribution in [1.29, 1.82) is 0 Å². The van der Waals surface area contributed by atoms with Gasteiger partial charge in [-0.2, -0.15) is 10.1 Å². The van der Waals surface area contributed by atoms with Crippen LogP contribution in [-0.4, -0.2) is 21.1 Å². The zero-order valence-corrected chi connectivity index (χ0v) is 12.2. The number of aromatic nitrogens is 3. The SMILES string of the molecule is CC(C)(C)CC(C(=O)Nc1ncn[nH]1)C(C)(C)C. The Morgan fingerprint density at radius 3 is 2.33 bits per heavy atom. The number of nitrogens with zero attached hydrogens (tertiary/aromatic N) is 2. The molecule has 1 unspecified atom stereocenters. The maximum absolute atomic E-state index is 12.3. The first-order valence-electron chi connectivity index (χ1n) is 6.26. The standard InChI is InChI=1S/C13H24N4O/c1-12(2,3)7-9(13(4,5)6)10(18)16-11-14-8-15-17-11/h8-9H,7H2,1-6H3,(H2,14,15,16,17,18). The highest BCUT2D eigenvalue weighted by molar-refractivity contribution is 5.91. The Hall–Kier alpha value is -1.39. The van der Waals surface area contributed by atoms with Crippen LogP contribution < -0.4 is 5.32 Å². The van der Waals surface area contributed by atoms with Crippen molar-refractivity contribution in [2.75, 3.05) is 5.32 Å². The minimum atomic E-state index is -0.0859. The molecule has 18 heavy (non-hydrogen) atoms. The molecular formula is C13H24N4O. The van der Waals surface area contributed by atoms with Crippen molar-refractivity contribution in [2.45, 2.75) is 48.0 Å². The third kappa shape index (κ3) is 4.47. The molecule has 0 radical (unpaired) electrons. The second-order valence-electron chi connectivity index (χ2n) is 7.01. The molecular weight excluding hydrogens is 228 g/mol. The fourth-order valence-electron chi connectivity index (χ4n) is 1.87. The molecule has 5 nitrogen and oxygen atoms in total. The van der Waals surface area contributed by atoms with Gasteiger partial charge in [0.05, 0.1) is 0 Å². The minimum absolute atomic E-state index is 0.00539. The third-order valence-electron chi connectivity index (χ3n) is 2.83. The van der Waals surface area contributed by atoms with Gasteiger partial charge in [0, 0.05) is 5.92 Å². The quantitative estimate of drug-likeness (QED) is 0.869. The Morgan fingerprint density at radius 1 is 1.33 bits per heavy atom. The Kier molecular flexibility index (Phi) is 4.14. The Balaban J connectivity index is 2.80. The molecule has 0 spiro atoms. The summed E-state index contributed by atoms with van der Waals surface area (Å²) in [5.74, 6) is 0.333. The van der Waals surface area contributed by atoms with Crippen LogP contribution in [0.2, 0.25) is 0 Å². The van der Waals surface area contributed by atoms with E-state index in [1.54, 1.807) is 0 Å². The normalized spacial score (nSPS) is 14.3. The summed E-state index contributed by atoms with van der Waals surface area (Å²) >= 11 is 0. The smallest absolute Gasteiger partial charge is 0.230 e. The number of hydrogen-bond acceptors (Lipinski definition) is 3. The van der Waals surface area contributed by atoms with Gasteiger partial charge < -0.3 is 0 Å². The lowest BCUT2D eigenvalue weighted by Crippen LogP contribution is -2.36.